The van der Waals surface area contributed by atoms with Crippen LogP contribution in [0.5, 0.6) is 0 Å². The summed E-state index contributed by atoms with van der Waals surface area (Å²) in [5.41, 5.74) is 1.40. The lowest BCUT2D eigenvalue weighted by molar-refractivity contribution is -0.160. The van der Waals surface area contributed by atoms with Crippen molar-refractivity contribution in [2.75, 3.05) is 26.2 Å². The summed E-state index contributed by atoms with van der Waals surface area (Å²) in [5, 5.41) is 2.13. The Morgan fingerprint density at radius 2 is 1.90 bits per heavy atom. The summed E-state index contributed by atoms with van der Waals surface area (Å²) in [5.74, 6) is -0.217. The fourth-order valence-electron chi connectivity index (χ4n) is 3.44. The van der Waals surface area contributed by atoms with Crippen molar-refractivity contribution in [2.24, 2.45) is 0 Å². The van der Waals surface area contributed by atoms with Crippen molar-refractivity contribution in [2.45, 2.75) is 31.5 Å². The number of halogens is 3. The SMILES string of the molecule is O=C(NCCC(=O)N1CCC(n2c(=O)[nH]c3ccccc32)CC1)OCC(F)(F)F. The maximum atomic E-state index is 12.3. The van der Waals surface area contributed by atoms with Gasteiger partial charge in [0.2, 0.25) is 5.91 Å². The van der Waals surface area contributed by atoms with E-state index in [4.69, 9.17) is 0 Å². The van der Waals surface area contributed by atoms with E-state index in [9.17, 15) is 27.6 Å². The minimum Gasteiger partial charge on any atom is -0.440 e. The number of ether oxygens (including phenoxy) is 1. The highest BCUT2D eigenvalue weighted by atomic mass is 19.4. The largest absolute Gasteiger partial charge is 0.440 e. The number of alkyl carbamates (subject to hydrolysis) is 1. The number of nitrogens with zero attached hydrogens (tertiary/aromatic N) is 2. The van der Waals surface area contributed by atoms with Gasteiger partial charge in [0.05, 0.1) is 11.0 Å². The van der Waals surface area contributed by atoms with Crippen LogP contribution in [0.25, 0.3) is 11.0 Å². The van der Waals surface area contributed by atoms with Gasteiger partial charge in [-0.15, -0.1) is 0 Å². The van der Waals surface area contributed by atoms with E-state index in [2.05, 4.69) is 15.0 Å². The number of imidazole rings is 1. The molecule has 0 saturated carbocycles. The van der Waals surface area contributed by atoms with E-state index in [1.54, 1.807) is 9.47 Å². The van der Waals surface area contributed by atoms with E-state index in [0.29, 0.717) is 25.9 Å². The van der Waals surface area contributed by atoms with Gasteiger partial charge in [-0.1, -0.05) is 12.1 Å². The number of rotatable bonds is 5. The Morgan fingerprint density at radius 1 is 1.21 bits per heavy atom. The Labute approximate surface area is 163 Å². The van der Waals surface area contributed by atoms with Gasteiger partial charge in [0.15, 0.2) is 6.61 Å². The molecule has 3 rings (SSSR count). The van der Waals surface area contributed by atoms with E-state index in [0.717, 1.165) is 11.0 Å². The van der Waals surface area contributed by atoms with E-state index in [1.165, 1.54) is 0 Å². The number of para-hydroxylation sites is 2. The van der Waals surface area contributed by atoms with Gasteiger partial charge in [0.25, 0.3) is 0 Å². The lowest BCUT2D eigenvalue weighted by atomic mass is 10.0. The highest BCUT2D eigenvalue weighted by Crippen LogP contribution is 2.25. The fraction of sp³-hybridized carbons (Fsp3) is 0.500. The minimum absolute atomic E-state index is 0.0295. The predicted molar refractivity (Wildman–Crippen MR) is 97.4 cm³/mol. The van der Waals surface area contributed by atoms with Crippen molar-refractivity contribution < 1.29 is 27.5 Å². The Bertz CT molecular complexity index is 929. The number of piperidine rings is 1. The third-order valence-corrected chi connectivity index (χ3v) is 4.78. The van der Waals surface area contributed by atoms with E-state index in [-0.39, 0.29) is 30.6 Å². The predicted octanol–water partition coefficient (Wildman–Crippen LogP) is 2.17. The molecule has 2 heterocycles. The maximum absolute atomic E-state index is 12.3. The number of nitrogens with one attached hydrogen (secondary N) is 2. The van der Waals surface area contributed by atoms with Crippen molar-refractivity contribution in [1.82, 2.24) is 19.8 Å². The van der Waals surface area contributed by atoms with Crippen molar-refractivity contribution in [3.05, 3.63) is 34.7 Å². The molecule has 0 bridgehead atoms. The molecule has 0 unspecified atom stereocenters. The van der Waals surface area contributed by atoms with E-state index < -0.39 is 18.9 Å². The molecule has 1 aliphatic heterocycles. The summed E-state index contributed by atoms with van der Waals surface area (Å²) in [4.78, 5) is 40.1. The molecule has 0 aliphatic carbocycles. The molecule has 2 aromatic rings. The first-order chi connectivity index (χ1) is 13.7. The van der Waals surface area contributed by atoms with Gasteiger partial charge >= 0.3 is 18.0 Å². The van der Waals surface area contributed by atoms with Gasteiger partial charge in [-0.2, -0.15) is 13.2 Å². The lowest BCUT2D eigenvalue weighted by Crippen LogP contribution is -2.41. The fourth-order valence-corrected chi connectivity index (χ4v) is 3.44. The highest BCUT2D eigenvalue weighted by molar-refractivity contribution is 5.77. The summed E-state index contributed by atoms with van der Waals surface area (Å²) in [6, 6.07) is 7.37. The summed E-state index contributed by atoms with van der Waals surface area (Å²) >= 11 is 0. The van der Waals surface area contributed by atoms with Gasteiger partial charge in [-0.3, -0.25) is 9.36 Å². The first-order valence-electron chi connectivity index (χ1n) is 9.19. The molecule has 0 radical (unpaired) electrons. The average molecular weight is 414 g/mol. The first-order valence-corrected chi connectivity index (χ1v) is 9.19. The van der Waals surface area contributed by atoms with Gasteiger partial charge in [-0.05, 0) is 25.0 Å². The zero-order valence-electron chi connectivity index (χ0n) is 15.5. The van der Waals surface area contributed by atoms with Crippen molar-refractivity contribution in [3.63, 3.8) is 0 Å². The smallest absolute Gasteiger partial charge is 0.422 e. The normalized spacial score (nSPS) is 15.5. The number of fused-ring (bicyclic) bond motifs is 1. The second kappa shape index (κ2) is 8.58. The molecule has 158 valence electrons. The highest BCUT2D eigenvalue weighted by Gasteiger charge is 2.30. The van der Waals surface area contributed by atoms with Crippen molar-refractivity contribution >= 4 is 23.0 Å². The van der Waals surface area contributed by atoms with Crippen LogP contribution in [0.2, 0.25) is 0 Å². The molecule has 1 aliphatic rings. The molecule has 0 spiro atoms. The summed E-state index contributed by atoms with van der Waals surface area (Å²) in [6.07, 6.45) is -4.64. The zero-order valence-corrected chi connectivity index (χ0v) is 15.5. The summed E-state index contributed by atoms with van der Waals surface area (Å²) < 4.78 is 41.6. The third kappa shape index (κ3) is 5.30. The van der Waals surface area contributed by atoms with Crippen LogP contribution in [0.1, 0.15) is 25.3 Å². The zero-order chi connectivity index (χ0) is 21.0. The molecule has 2 N–H and O–H groups in total. The summed E-state index contributed by atoms with van der Waals surface area (Å²) in [6.45, 7) is -0.882. The lowest BCUT2D eigenvalue weighted by Gasteiger charge is -2.32. The number of likely N-dealkylation sites (tertiary alicyclic amines) is 1. The van der Waals surface area contributed by atoms with Gasteiger partial charge in [0.1, 0.15) is 0 Å². The number of hydrogen-bond donors (Lipinski definition) is 2. The molecule has 0 atom stereocenters. The number of benzene rings is 1. The van der Waals surface area contributed by atoms with Gasteiger partial charge in [0, 0.05) is 32.1 Å². The molecule has 29 heavy (non-hydrogen) atoms. The molecule has 1 fully saturated rings. The molecule has 8 nitrogen and oxygen atoms in total. The second-order valence-corrected chi connectivity index (χ2v) is 6.80. The van der Waals surface area contributed by atoms with Gasteiger partial charge < -0.3 is 19.9 Å². The number of carbonyl (C=O) groups is 2. The number of alkyl halides is 3. The van der Waals surface area contributed by atoms with Gasteiger partial charge in [-0.25, -0.2) is 9.59 Å². The van der Waals surface area contributed by atoms with Crippen LogP contribution in [0.4, 0.5) is 18.0 Å². The molecule has 11 heteroatoms. The number of H-pyrrole nitrogens is 1. The number of aromatic nitrogens is 2. The molecular weight excluding hydrogens is 393 g/mol. The topological polar surface area (TPSA) is 96.4 Å². The van der Waals surface area contributed by atoms with E-state index in [1.807, 2.05) is 24.3 Å². The van der Waals surface area contributed by atoms with E-state index >= 15 is 0 Å². The number of carbonyl (C=O) groups excluding carboxylic acids is 2. The quantitative estimate of drug-likeness (QED) is 0.784. The summed E-state index contributed by atoms with van der Waals surface area (Å²) in [7, 11) is 0. The van der Waals surface area contributed by atoms with Crippen molar-refractivity contribution in [1.29, 1.82) is 0 Å². The molecule has 2 amide bonds. The monoisotopic (exact) mass is 414 g/mol. The number of hydrogen-bond acceptors (Lipinski definition) is 4. The third-order valence-electron chi connectivity index (χ3n) is 4.78. The standard InChI is InChI=1S/C18H21F3N4O4/c19-18(20,21)11-29-17(28)22-8-5-15(26)24-9-6-12(7-10-24)25-14-4-2-1-3-13(14)23-16(25)27/h1-4,12H,5-11H2,(H,22,28)(H,23,27). The number of aromatic amines is 1. The van der Waals surface area contributed by atoms with Crippen LogP contribution in [0.15, 0.2) is 29.1 Å². The van der Waals surface area contributed by atoms with Crippen LogP contribution in [0, 0.1) is 0 Å². The van der Waals surface area contributed by atoms with Crippen LogP contribution in [0.3, 0.4) is 0 Å². The Morgan fingerprint density at radius 3 is 2.59 bits per heavy atom. The van der Waals surface area contributed by atoms with Crippen LogP contribution in [-0.2, 0) is 9.53 Å². The first kappa shape index (κ1) is 20.7. The van der Waals surface area contributed by atoms with Crippen LogP contribution < -0.4 is 11.0 Å². The molecule has 1 aromatic heterocycles. The minimum atomic E-state index is -4.59. The maximum Gasteiger partial charge on any atom is 0.422 e. The second-order valence-electron chi connectivity index (χ2n) is 6.80. The number of amides is 2. The average Bonchev–Trinajstić information content (AvgIpc) is 3.01. The molecule has 1 aromatic carbocycles. The molecule has 1 saturated heterocycles. The van der Waals surface area contributed by atoms with Crippen molar-refractivity contribution in [3.8, 4) is 0 Å². The Kier molecular flexibility index (Phi) is 6.14. The Balaban J connectivity index is 1.45. The molecular formula is C18H21F3N4O4. The Hall–Kier alpha value is -2.98. The van der Waals surface area contributed by atoms with Crippen LogP contribution in [-0.4, -0.2) is 58.9 Å². The van der Waals surface area contributed by atoms with Crippen LogP contribution >= 0.6 is 0 Å².